The monoisotopic (exact) mass is 212 g/mol. The summed E-state index contributed by atoms with van der Waals surface area (Å²) in [5.41, 5.74) is 3.52. The van der Waals surface area contributed by atoms with E-state index in [1.807, 2.05) is 0 Å². The molecule has 0 aliphatic carbocycles. The van der Waals surface area contributed by atoms with Gasteiger partial charge in [0.1, 0.15) is 0 Å². The van der Waals surface area contributed by atoms with Gasteiger partial charge in [-0.3, -0.25) is 5.43 Å². The largest absolute Gasteiger partial charge is 0.250 e. The van der Waals surface area contributed by atoms with Crippen molar-refractivity contribution < 1.29 is 0 Å². The average Bonchev–Trinajstić information content (AvgIpc) is 2.11. The summed E-state index contributed by atoms with van der Waals surface area (Å²) in [6, 6.07) is 1.46. The number of nitrogens with zero attached hydrogens (tertiary/aromatic N) is 1. The van der Waals surface area contributed by atoms with Gasteiger partial charge in [-0.25, -0.2) is 5.01 Å². The smallest absolute Gasteiger partial charge is 0.0435 e. The van der Waals surface area contributed by atoms with Crippen molar-refractivity contribution in [3.63, 3.8) is 0 Å². The van der Waals surface area contributed by atoms with Crippen molar-refractivity contribution in [2.24, 2.45) is 17.8 Å². The molecular weight excluding hydrogens is 184 g/mol. The minimum absolute atomic E-state index is 0.717. The Morgan fingerprint density at radius 2 is 1.73 bits per heavy atom. The number of rotatable bonds is 5. The van der Waals surface area contributed by atoms with Crippen LogP contribution in [0.5, 0.6) is 0 Å². The van der Waals surface area contributed by atoms with E-state index in [1.54, 1.807) is 0 Å². The normalized spacial score (nSPS) is 29.6. The third-order valence-corrected chi connectivity index (χ3v) is 3.87. The van der Waals surface area contributed by atoms with Crippen LogP contribution in [0.2, 0.25) is 0 Å². The zero-order chi connectivity index (χ0) is 11.6. The van der Waals surface area contributed by atoms with Crippen LogP contribution < -0.4 is 5.43 Å². The summed E-state index contributed by atoms with van der Waals surface area (Å²) in [5.74, 6) is 2.39. The Morgan fingerprint density at radius 3 is 2.13 bits per heavy atom. The molecular formula is C13H28N2. The topological polar surface area (TPSA) is 15.3 Å². The minimum atomic E-state index is 0.717. The molecule has 2 heteroatoms. The zero-order valence-corrected chi connectivity index (χ0v) is 11.2. The highest BCUT2D eigenvalue weighted by molar-refractivity contribution is 4.93. The Kier molecular flexibility index (Phi) is 4.60. The summed E-state index contributed by atoms with van der Waals surface area (Å²) in [7, 11) is 2.18. The molecule has 0 spiro atoms. The quantitative estimate of drug-likeness (QED) is 0.754. The number of likely N-dealkylation sites (N-methyl/N-ethyl adjacent to an activating group) is 1. The van der Waals surface area contributed by atoms with Crippen LogP contribution in [0.4, 0.5) is 0 Å². The van der Waals surface area contributed by atoms with E-state index in [2.05, 4.69) is 52.1 Å². The highest BCUT2D eigenvalue weighted by atomic mass is 15.6. The SMILES string of the molecule is CC(C)CCC1NN(C)C1C(C)C(C)C. The summed E-state index contributed by atoms with van der Waals surface area (Å²) in [6.45, 7) is 11.7. The van der Waals surface area contributed by atoms with E-state index in [1.165, 1.54) is 12.8 Å². The van der Waals surface area contributed by atoms with E-state index in [9.17, 15) is 0 Å². The summed E-state index contributed by atoms with van der Waals surface area (Å²) in [5, 5.41) is 2.30. The lowest BCUT2D eigenvalue weighted by Crippen LogP contribution is -2.70. The molecule has 0 radical (unpaired) electrons. The van der Waals surface area contributed by atoms with Gasteiger partial charge in [0.05, 0.1) is 0 Å². The fraction of sp³-hybridized carbons (Fsp3) is 1.00. The summed E-state index contributed by atoms with van der Waals surface area (Å²) in [6.07, 6.45) is 2.66. The first-order valence-electron chi connectivity index (χ1n) is 6.42. The molecule has 1 N–H and O–H groups in total. The molecule has 0 bridgehead atoms. The molecule has 1 rings (SSSR count). The number of hydrogen-bond acceptors (Lipinski definition) is 2. The predicted molar refractivity (Wildman–Crippen MR) is 66.5 cm³/mol. The van der Waals surface area contributed by atoms with Crippen molar-refractivity contribution in [3.05, 3.63) is 0 Å². The predicted octanol–water partition coefficient (Wildman–Crippen LogP) is 2.90. The first kappa shape index (κ1) is 13.0. The van der Waals surface area contributed by atoms with Gasteiger partial charge in [0.2, 0.25) is 0 Å². The van der Waals surface area contributed by atoms with Gasteiger partial charge in [-0.05, 0) is 30.6 Å². The van der Waals surface area contributed by atoms with Crippen LogP contribution in [-0.4, -0.2) is 24.1 Å². The van der Waals surface area contributed by atoms with Crippen LogP contribution >= 0.6 is 0 Å². The molecule has 1 aliphatic rings. The molecule has 3 unspecified atom stereocenters. The van der Waals surface area contributed by atoms with Crippen LogP contribution in [-0.2, 0) is 0 Å². The molecule has 0 aromatic heterocycles. The van der Waals surface area contributed by atoms with Crippen molar-refractivity contribution in [2.75, 3.05) is 7.05 Å². The third-order valence-electron chi connectivity index (χ3n) is 3.87. The van der Waals surface area contributed by atoms with Crippen molar-refractivity contribution in [2.45, 2.75) is 59.5 Å². The van der Waals surface area contributed by atoms with Gasteiger partial charge < -0.3 is 0 Å². The Balaban J connectivity index is 2.40. The molecule has 0 amide bonds. The minimum Gasteiger partial charge on any atom is -0.250 e. The molecule has 1 saturated heterocycles. The lowest BCUT2D eigenvalue weighted by atomic mass is 9.81. The molecule has 1 fully saturated rings. The van der Waals surface area contributed by atoms with Gasteiger partial charge in [-0.2, -0.15) is 0 Å². The third kappa shape index (κ3) is 3.18. The lowest BCUT2D eigenvalue weighted by Gasteiger charge is -2.51. The lowest BCUT2D eigenvalue weighted by molar-refractivity contribution is -0.0521. The average molecular weight is 212 g/mol. The van der Waals surface area contributed by atoms with E-state index in [0.717, 1.165) is 29.8 Å². The highest BCUT2D eigenvalue weighted by Gasteiger charge is 2.39. The van der Waals surface area contributed by atoms with Gasteiger partial charge in [-0.15, -0.1) is 0 Å². The van der Waals surface area contributed by atoms with Crippen molar-refractivity contribution in [1.82, 2.24) is 10.4 Å². The number of hydrogen-bond donors (Lipinski definition) is 1. The first-order valence-corrected chi connectivity index (χ1v) is 6.42. The first-order chi connectivity index (χ1) is 6.93. The van der Waals surface area contributed by atoms with Gasteiger partial charge in [0.25, 0.3) is 0 Å². The molecule has 2 nitrogen and oxygen atoms in total. The number of hydrazine groups is 1. The van der Waals surface area contributed by atoms with Crippen LogP contribution in [0.25, 0.3) is 0 Å². The maximum atomic E-state index is 3.52. The second-order valence-corrected chi connectivity index (χ2v) is 5.91. The van der Waals surface area contributed by atoms with Crippen molar-refractivity contribution in [1.29, 1.82) is 0 Å². The zero-order valence-electron chi connectivity index (χ0n) is 11.2. The summed E-state index contributed by atoms with van der Waals surface area (Å²) < 4.78 is 0. The Labute approximate surface area is 95.4 Å². The van der Waals surface area contributed by atoms with Gasteiger partial charge in [-0.1, -0.05) is 34.6 Å². The molecule has 15 heavy (non-hydrogen) atoms. The highest BCUT2D eigenvalue weighted by Crippen LogP contribution is 2.29. The molecule has 3 atom stereocenters. The fourth-order valence-electron chi connectivity index (χ4n) is 2.47. The molecule has 1 aliphatic heterocycles. The van der Waals surface area contributed by atoms with Gasteiger partial charge in [0.15, 0.2) is 0 Å². The molecule has 0 aromatic rings. The maximum Gasteiger partial charge on any atom is 0.0435 e. The fourth-order valence-corrected chi connectivity index (χ4v) is 2.47. The second kappa shape index (κ2) is 5.31. The van der Waals surface area contributed by atoms with Gasteiger partial charge >= 0.3 is 0 Å². The standard InChI is InChI=1S/C13H28N2/c1-9(2)7-8-12-13(15(6)14-12)11(5)10(3)4/h9-14H,7-8H2,1-6H3. The van der Waals surface area contributed by atoms with E-state index in [-0.39, 0.29) is 0 Å². The van der Waals surface area contributed by atoms with E-state index < -0.39 is 0 Å². The molecule has 0 aromatic carbocycles. The Bertz CT molecular complexity index is 189. The van der Waals surface area contributed by atoms with Crippen molar-refractivity contribution >= 4 is 0 Å². The Hall–Kier alpha value is -0.0800. The molecule has 1 heterocycles. The summed E-state index contributed by atoms with van der Waals surface area (Å²) in [4.78, 5) is 0. The summed E-state index contributed by atoms with van der Waals surface area (Å²) >= 11 is 0. The maximum absolute atomic E-state index is 3.52. The van der Waals surface area contributed by atoms with Crippen LogP contribution in [0.15, 0.2) is 0 Å². The van der Waals surface area contributed by atoms with E-state index in [4.69, 9.17) is 0 Å². The van der Waals surface area contributed by atoms with Crippen LogP contribution in [0.1, 0.15) is 47.5 Å². The van der Waals surface area contributed by atoms with Gasteiger partial charge in [0, 0.05) is 19.1 Å². The molecule has 0 saturated carbocycles. The molecule has 90 valence electrons. The van der Waals surface area contributed by atoms with E-state index in [0.29, 0.717) is 0 Å². The Morgan fingerprint density at radius 1 is 1.13 bits per heavy atom. The van der Waals surface area contributed by atoms with Crippen molar-refractivity contribution in [3.8, 4) is 0 Å². The van der Waals surface area contributed by atoms with E-state index >= 15 is 0 Å². The number of nitrogens with one attached hydrogen (secondary N) is 1. The second-order valence-electron chi connectivity index (χ2n) is 5.91. The van der Waals surface area contributed by atoms with Crippen LogP contribution in [0, 0.1) is 17.8 Å². The van der Waals surface area contributed by atoms with Crippen LogP contribution in [0.3, 0.4) is 0 Å².